The normalized spacial score (nSPS) is 12.0. The first-order valence-corrected chi connectivity index (χ1v) is 7.41. The van der Waals surface area contributed by atoms with Gasteiger partial charge in [-0.05, 0) is 37.6 Å². The van der Waals surface area contributed by atoms with Crippen molar-refractivity contribution in [2.75, 3.05) is 13.2 Å². The molecule has 0 saturated heterocycles. The Bertz CT molecular complexity index is 653. The van der Waals surface area contributed by atoms with Gasteiger partial charge in [-0.25, -0.2) is 0 Å². The third-order valence-electron chi connectivity index (χ3n) is 2.96. The molecule has 0 spiro atoms. The van der Waals surface area contributed by atoms with Crippen molar-refractivity contribution >= 4 is 23.2 Å². The number of rotatable bonds is 6. The van der Waals surface area contributed by atoms with Crippen molar-refractivity contribution in [1.29, 1.82) is 0 Å². The smallest absolute Gasteiger partial charge is 0.233 e. The van der Waals surface area contributed by atoms with Gasteiger partial charge in [0.05, 0.1) is 10.7 Å². The highest BCUT2D eigenvalue weighted by Gasteiger charge is 2.10. The lowest BCUT2D eigenvalue weighted by Crippen LogP contribution is -2.25. The van der Waals surface area contributed by atoms with Crippen molar-refractivity contribution in [1.82, 2.24) is 10.2 Å². The number of benzene rings is 1. The van der Waals surface area contributed by atoms with Crippen molar-refractivity contribution in [3.8, 4) is 11.6 Å². The maximum Gasteiger partial charge on any atom is 0.233 e. The summed E-state index contributed by atoms with van der Waals surface area (Å²) >= 11 is 11.8. The second-order valence-electron chi connectivity index (χ2n) is 4.80. The summed E-state index contributed by atoms with van der Waals surface area (Å²) in [7, 11) is 0. The van der Waals surface area contributed by atoms with E-state index in [9.17, 15) is 5.11 Å². The third kappa shape index (κ3) is 4.73. The van der Waals surface area contributed by atoms with Crippen LogP contribution in [-0.4, -0.2) is 34.6 Å². The van der Waals surface area contributed by atoms with E-state index in [1.54, 1.807) is 24.3 Å². The van der Waals surface area contributed by atoms with Gasteiger partial charge < -0.3 is 14.6 Å². The highest BCUT2D eigenvalue weighted by atomic mass is 35.5. The van der Waals surface area contributed by atoms with Crippen molar-refractivity contribution in [2.24, 2.45) is 0 Å². The highest BCUT2D eigenvalue weighted by Crippen LogP contribution is 2.27. The third-order valence-corrected chi connectivity index (χ3v) is 3.49. The maximum atomic E-state index is 9.87. The number of aromatic nitrogens is 2. The predicted molar refractivity (Wildman–Crippen MR) is 85.0 cm³/mol. The van der Waals surface area contributed by atoms with Crippen LogP contribution in [0.3, 0.4) is 0 Å². The van der Waals surface area contributed by atoms with Gasteiger partial charge in [0.2, 0.25) is 5.88 Å². The van der Waals surface area contributed by atoms with Crippen molar-refractivity contribution in [3.63, 3.8) is 0 Å². The standard InChI is InChI=1S/C15H16Cl2N2O3/c1-9-5-15(19-18-10(9)2)22-8-12(20)7-21-14-4-3-11(16)6-13(14)17/h3-6,12,20H,7-8H2,1-2H3. The van der Waals surface area contributed by atoms with E-state index < -0.39 is 6.10 Å². The summed E-state index contributed by atoms with van der Waals surface area (Å²) in [6, 6.07) is 6.65. The van der Waals surface area contributed by atoms with Crippen molar-refractivity contribution in [2.45, 2.75) is 20.0 Å². The Morgan fingerprint density at radius 1 is 1.09 bits per heavy atom. The van der Waals surface area contributed by atoms with Gasteiger partial charge >= 0.3 is 0 Å². The van der Waals surface area contributed by atoms with E-state index in [1.165, 1.54) is 0 Å². The summed E-state index contributed by atoms with van der Waals surface area (Å²) in [4.78, 5) is 0. The van der Waals surface area contributed by atoms with Crippen LogP contribution in [0.25, 0.3) is 0 Å². The predicted octanol–water partition coefficient (Wildman–Crippen LogP) is 3.22. The summed E-state index contributed by atoms with van der Waals surface area (Å²) < 4.78 is 10.8. The molecule has 1 unspecified atom stereocenters. The van der Waals surface area contributed by atoms with Crippen LogP contribution in [0.4, 0.5) is 0 Å². The largest absolute Gasteiger partial charge is 0.489 e. The van der Waals surface area contributed by atoms with Crippen LogP contribution in [-0.2, 0) is 0 Å². The molecular weight excluding hydrogens is 327 g/mol. The molecule has 2 aromatic rings. The summed E-state index contributed by atoms with van der Waals surface area (Å²) in [6.07, 6.45) is -0.824. The lowest BCUT2D eigenvalue weighted by molar-refractivity contribution is 0.0606. The average Bonchev–Trinajstić information content (AvgIpc) is 2.47. The van der Waals surface area contributed by atoms with Gasteiger partial charge in [0.15, 0.2) is 0 Å². The van der Waals surface area contributed by atoms with Crippen LogP contribution in [0.15, 0.2) is 24.3 Å². The Labute approximate surface area is 138 Å². The van der Waals surface area contributed by atoms with Gasteiger partial charge in [0.1, 0.15) is 25.1 Å². The number of ether oxygens (including phenoxy) is 2. The lowest BCUT2D eigenvalue weighted by atomic mass is 10.2. The van der Waals surface area contributed by atoms with E-state index in [0.717, 1.165) is 11.3 Å². The molecule has 1 aromatic carbocycles. The van der Waals surface area contributed by atoms with Crippen LogP contribution in [0.2, 0.25) is 10.0 Å². The van der Waals surface area contributed by atoms with Crippen LogP contribution in [0.5, 0.6) is 11.6 Å². The fourth-order valence-electron chi connectivity index (χ4n) is 1.60. The van der Waals surface area contributed by atoms with Crippen LogP contribution in [0.1, 0.15) is 11.3 Å². The monoisotopic (exact) mass is 342 g/mol. The number of halogens is 2. The summed E-state index contributed by atoms with van der Waals surface area (Å²) in [6.45, 7) is 3.87. The molecule has 0 fully saturated rings. The van der Waals surface area contributed by atoms with Gasteiger partial charge in [-0.1, -0.05) is 23.2 Å². The van der Waals surface area contributed by atoms with Crippen LogP contribution >= 0.6 is 23.2 Å². The topological polar surface area (TPSA) is 64.5 Å². The average molecular weight is 343 g/mol. The molecule has 0 amide bonds. The first kappa shape index (κ1) is 16.8. The zero-order valence-electron chi connectivity index (χ0n) is 12.2. The molecular formula is C15H16Cl2N2O3. The number of hydrogen-bond donors (Lipinski definition) is 1. The van der Waals surface area contributed by atoms with Crippen molar-refractivity contribution in [3.05, 3.63) is 45.6 Å². The first-order valence-electron chi connectivity index (χ1n) is 6.65. The summed E-state index contributed by atoms with van der Waals surface area (Å²) in [5, 5.41) is 18.6. The van der Waals surface area contributed by atoms with Gasteiger partial charge in [0.25, 0.3) is 0 Å². The molecule has 118 valence electrons. The van der Waals surface area contributed by atoms with E-state index in [0.29, 0.717) is 21.7 Å². The molecule has 0 radical (unpaired) electrons. The second kappa shape index (κ2) is 7.63. The SMILES string of the molecule is Cc1cc(OCC(O)COc2ccc(Cl)cc2Cl)nnc1C. The Morgan fingerprint density at radius 2 is 1.82 bits per heavy atom. The molecule has 22 heavy (non-hydrogen) atoms. The second-order valence-corrected chi connectivity index (χ2v) is 5.65. The molecule has 1 atom stereocenters. The molecule has 1 heterocycles. The Kier molecular flexibility index (Phi) is 5.83. The molecule has 2 rings (SSSR count). The number of aliphatic hydroxyl groups excluding tert-OH is 1. The maximum absolute atomic E-state index is 9.87. The molecule has 0 aliphatic heterocycles. The molecule has 7 heteroatoms. The van der Waals surface area contributed by atoms with Gasteiger partial charge in [0, 0.05) is 11.1 Å². The van der Waals surface area contributed by atoms with E-state index in [4.69, 9.17) is 32.7 Å². The summed E-state index contributed by atoms with van der Waals surface area (Å²) in [5.74, 6) is 0.822. The molecule has 0 aliphatic rings. The number of hydrogen-bond acceptors (Lipinski definition) is 5. The Balaban J connectivity index is 1.82. The minimum absolute atomic E-state index is 0.0413. The number of aliphatic hydroxyl groups is 1. The van der Waals surface area contributed by atoms with E-state index in [-0.39, 0.29) is 13.2 Å². The van der Waals surface area contributed by atoms with Gasteiger partial charge in [-0.3, -0.25) is 0 Å². The van der Waals surface area contributed by atoms with Crippen molar-refractivity contribution < 1.29 is 14.6 Å². The van der Waals surface area contributed by atoms with E-state index in [2.05, 4.69) is 10.2 Å². The van der Waals surface area contributed by atoms with Crippen LogP contribution in [0, 0.1) is 13.8 Å². The first-order chi connectivity index (χ1) is 10.5. The molecule has 0 bridgehead atoms. The minimum atomic E-state index is -0.824. The van der Waals surface area contributed by atoms with E-state index in [1.807, 2.05) is 13.8 Å². The molecule has 0 aliphatic carbocycles. The Hall–Kier alpha value is -1.56. The number of aryl methyl sites for hydroxylation is 2. The number of nitrogens with zero attached hydrogens (tertiary/aromatic N) is 2. The van der Waals surface area contributed by atoms with E-state index >= 15 is 0 Å². The minimum Gasteiger partial charge on any atom is -0.489 e. The zero-order chi connectivity index (χ0) is 16.1. The fourth-order valence-corrected chi connectivity index (χ4v) is 2.06. The van der Waals surface area contributed by atoms with Crippen LogP contribution < -0.4 is 9.47 Å². The molecule has 5 nitrogen and oxygen atoms in total. The highest BCUT2D eigenvalue weighted by molar-refractivity contribution is 6.35. The van der Waals surface area contributed by atoms with Gasteiger partial charge in [-0.2, -0.15) is 5.10 Å². The van der Waals surface area contributed by atoms with Gasteiger partial charge in [-0.15, -0.1) is 5.10 Å². The quantitative estimate of drug-likeness (QED) is 0.873. The Morgan fingerprint density at radius 3 is 2.50 bits per heavy atom. The fraction of sp³-hybridized carbons (Fsp3) is 0.333. The lowest BCUT2D eigenvalue weighted by Gasteiger charge is -2.14. The molecule has 1 aromatic heterocycles. The molecule has 1 N–H and O–H groups in total. The summed E-state index contributed by atoms with van der Waals surface area (Å²) in [5.41, 5.74) is 1.82. The zero-order valence-corrected chi connectivity index (χ0v) is 13.7. The molecule has 0 saturated carbocycles.